The van der Waals surface area contributed by atoms with Crippen molar-refractivity contribution in [2.45, 2.75) is 18.9 Å². The van der Waals surface area contributed by atoms with Crippen LogP contribution in [0.15, 0.2) is 22.7 Å². The lowest BCUT2D eigenvalue weighted by Crippen LogP contribution is -2.43. The Morgan fingerprint density at radius 1 is 1.57 bits per heavy atom. The van der Waals surface area contributed by atoms with E-state index in [1.165, 1.54) is 6.07 Å². The number of hydrogen-bond acceptors (Lipinski definition) is 3. The molecule has 1 atom stereocenters. The number of carbonyl (C=O) groups excluding carboxylic acids is 1. The van der Waals surface area contributed by atoms with Crippen LogP contribution in [0.25, 0.3) is 0 Å². The molecule has 1 N–H and O–H groups in total. The summed E-state index contributed by atoms with van der Waals surface area (Å²) in [6, 6.07) is 4.84. The van der Waals surface area contributed by atoms with Gasteiger partial charge in [-0.05, 0) is 47.4 Å². The Labute approximate surface area is 132 Å². The molecule has 2 rings (SSSR count). The number of nitrogens with one attached hydrogen (secondary N) is 1. The Kier molecular flexibility index (Phi) is 6.14. The van der Waals surface area contributed by atoms with Gasteiger partial charge >= 0.3 is 0 Å². The van der Waals surface area contributed by atoms with E-state index >= 15 is 0 Å². The van der Waals surface area contributed by atoms with Crippen LogP contribution in [-0.2, 0) is 4.74 Å². The van der Waals surface area contributed by atoms with Crippen molar-refractivity contribution >= 4 is 21.8 Å². The van der Waals surface area contributed by atoms with Crippen LogP contribution in [0.5, 0.6) is 0 Å². The molecular formula is C15H20BrFN2O2. The second kappa shape index (κ2) is 7.87. The number of carbonyl (C=O) groups is 1. The molecule has 4 nitrogen and oxygen atoms in total. The number of methoxy groups -OCH3 is 1. The number of nitrogens with zero attached hydrogens (tertiary/aromatic N) is 1. The average Bonchev–Trinajstić information content (AvgIpc) is 2.96. The highest BCUT2D eigenvalue weighted by Crippen LogP contribution is 2.22. The molecule has 116 valence electrons. The van der Waals surface area contributed by atoms with Gasteiger partial charge in [-0.25, -0.2) is 4.39 Å². The van der Waals surface area contributed by atoms with Gasteiger partial charge in [-0.15, -0.1) is 0 Å². The summed E-state index contributed by atoms with van der Waals surface area (Å²) in [5.74, 6) is -0.804. The third-order valence-electron chi connectivity index (χ3n) is 3.63. The largest absolute Gasteiger partial charge is 0.383 e. The van der Waals surface area contributed by atoms with E-state index in [0.717, 1.165) is 19.4 Å². The van der Waals surface area contributed by atoms with Gasteiger partial charge < -0.3 is 15.0 Å². The maximum atomic E-state index is 14.0. The Morgan fingerprint density at radius 2 is 2.38 bits per heavy atom. The minimum absolute atomic E-state index is 0.0894. The summed E-state index contributed by atoms with van der Waals surface area (Å²) in [7, 11) is 1.59. The molecule has 1 amide bonds. The van der Waals surface area contributed by atoms with Gasteiger partial charge in [0.1, 0.15) is 5.82 Å². The molecule has 1 aromatic carbocycles. The van der Waals surface area contributed by atoms with Gasteiger partial charge in [0.25, 0.3) is 5.91 Å². The topological polar surface area (TPSA) is 41.6 Å². The molecule has 1 saturated heterocycles. The fourth-order valence-corrected chi connectivity index (χ4v) is 3.03. The van der Waals surface area contributed by atoms with Crippen molar-refractivity contribution < 1.29 is 13.9 Å². The number of hydrogen-bond donors (Lipinski definition) is 1. The van der Waals surface area contributed by atoms with Crippen molar-refractivity contribution in [2.75, 3.05) is 33.4 Å². The van der Waals surface area contributed by atoms with E-state index < -0.39 is 5.82 Å². The maximum Gasteiger partial charge on any atom is 0.258 e. The number of rotatable bonds is 6. The normalized spacial score (nSPS) is 18.0. The number of benzene rings is 1. The Morgan fingerprint density at radius 3 is 3.00 bits per heavy atom. The molecule has 0 radical (unpaired) electrons. The molecule has 6 heteroatoms. The van der Waals surface area contributed by atoms with E-state index in [9.17, 15) is 9.18 Å². The second-order valence-electron chi connectivity index (χ2n) is 5.13. The minimum Gasteiger partial charge on any atom is -0.383 e. The van der Waals surface area contributed by atoms with E-state index in [1.54, 1.807) is 24.1 Å². The molecule has 0 spiro atoms. The van der Waals surface area contributed by atoms with Crippen molar-refractivity contribution in [2.24, 2.45) is 0 Å². The molecule has 0 bridgehead atoms. The Hall–Kier alpha value is -0.980. The van der Waals surface area contributed by atoms with Gasteiger partial charge in [0.15, 0.2) is 0 Å². The highest BCUT2D eigenvalue weighted by atomic mass is 79.9. The molecule has 0 aliphatic carbocycles. The molecule has 1 aromatic rings. The monoisotopic (exact) mass is 358 g/mol. The predicted molar refractivity (Wildman–Crippen MR) is 82.9 cm³/mol. The molecule has 21 heavy (non-hydrogen) atoms. The van der Waals surface area contributed by atoms with Crippen LogP contribution in [-0.4, -0.2) is 50.2 Å². The quantitative estimate of drug-likeness (QED) is 0.848. The van der Waals surface area contributed by atoms with E-state index in [4.69, 9.17) is 4.74 Å². The first-order valence-corrected chi connectivity index (χ1v) is 7.88. The van der Waals surface area contributed by atoms with Crippen LogP contribution < -0.4 is 5.32 Å². The minimum atomic E-state index is -0.504. The van der Waals surface area contributed by atoms with Crippen molar-refractivity contribution in [3.05, 3.63) is 34.1 Å². The van der Waals surface area contributed by atoms with Gasteiger partial charge in [0.05, 0.1) is 12.2 Å². The molecule has 1 aliphatic rings. The average molecular weight is 359 g/mol. The third-order valence-corrected chi connectivity index (χ3v) is 4.29. The number of amides is 1. The van der Waals surface area contributed by atoms with Gasteiger partial charge in [-0.3, -0.25) is 4.79 Å². The van der Waals surface area contributed by atoms with Gasteiger partial charge in [-0.1, -0.05) is 6.07 Å². The van der Waals surface area contributed by atoms with Gasteiger partial charge in [-0.2, -0.15) is 0 Å². The van der Waals surface area contributed by atoms with Crippen molar-refractivity contribution in [3.8, 4) is 0 Å². The molecule has 0 saturated carbocycles. The zero-order chi connectivity index (χ0) is 15.2. The van der Waals surface area contributed by atoms with E-state index in [-0.39, 0.29) is 17.5 Å². The summed E-state index contributed by atoms with van der Waals surface area (Å²) < 4.78 is 19.5. The second-order valence-corrected chi connectivity index (χ2v) is 5.99. The standard InChI is InChI=1S/C15H20BrFN2O2/c1-21-9-8-19(10-11-4-3-7-18-11)15(20)14-12(16)5-2-6-13(14)17/h2,5-6,11,18H,3-4,7-10H2,1H3. The molecule has 1 fully saturated rings. The predicted octanol–water partition coefficient (Wildman–Crippen LogP) is 2.43. The van der Waals surface area contributed by atoms with Crippen LogP contribution in [0.4, 0.5) is 4.39 Å². The van der Waals surface area contributed by atoms with Crippen LogP contribution >= 0.6 is 15.9 Å². The lowest BCUT2D eigenvalue weighted by atomic mass is 10.1. The third kappa shape index (κ3) is 4.25. The number of ether oxygens (including phenoxy) is 1. The van der Waals surface area contributed by atoms with Crippen molar-refractivity contribution in [3.63, 3.8) is 0 Å². The first kappa shape index (κ1) is 16.4. The lowest BCUT2D eigenvalue weighted by molar-refractivity contribution is 0.0673. The molecular weight excluding hydrogens is 339 g/mol. The smallest absolute Gasteiger partial charge is 0.258 e. The van der Waals surface area contributed by atoms with Crippen LogP contribution in [0.1, 0.15) is 23.2 Å². The molecule has 1 unspecified atom stereocenters. The Bertz CT molecular complexity index is 472. The van der Waals surface area contributed by atoms with Crippen LogP contribution in [0.2, 0.25) is 0 Å². The maximum absolute atomic E-state index is 14.0. The molecule has 0 aromatic heterocycles. The summed E-state index contributed by atoms with van der Waals surface area (Å²) in [6.07, 6.45) is 2.15. The number of halogens is 2. The fraction of sp³-hybridized carbons (Fsp3) is 0.533. The summed E-state index contributed by atoms with van der Waals surface area (Å²) in [5, 5.41) is 3.36. The molecule has 1 heterocycles. The first-order chi connectivity index (χ1) is 10.1. The van der Waals surface area contributed by atoms with E-state index in [2.05, 4.69) is 21.2 Å². The lowest BCUT2D eigenvalue weighted by Gasteiger charge is -2.26. The van der Waals surface area contributed by atoms with Crippen molar-refractivity contribution in [1.82, 2.24) is 10.2 Å². The van der Waals surface area contributed by atoms with E-state index in [1.807, 2.05) is 0 Å². The van der Waals surface area contributed by atoms with Crippen molar-refractivity contribution in [1.29, 1.82) is 0 Å². The van der Waals surface area contributed by atoms with Crippen LogP contribution in [0, 0.1) is 5.82 Å². The highest BCUT2D eigenvalue weighted by Gasteiger charge is 2.25. The van der Waals surface area contributed by atoms with Gasteiger partial charge in [0, 0.05) is 30.7 Å². The first-order valence-electron chi connectivity index (χ1n) is 7.09. The fourth-order valence-electron chi connectivity index (χ4n) is 2.52. The Balaban J connectivity index is 2.16. The van der Waals surface area contributed by atoms with Crippen LogP contribution in [0.3, 0.4) is 0 Å². The summed E-state index contributed by atoms with van der Waals surface area (Å²) >= 11 is 3.26. The zero-order valence-corrected chi connectivity index (χ0v) is 13.7. The zero-order valence-electron chi connectivity index (χ0n) is 12.1. The molecule has 1 aliphatic heterocycles. The van der Waals surface area contributed by atoms with E-state index in [0.29, 0.717) is 24.2 Å². The summed E-state index contributed by atoms with van der Waals surface area (Å²) in [5.41, 5.74) is 0.0894. The SMILES string of the molecule is COCCN(CC1CCCN1)C(=O)c1c(F)cccc1Br. The highest BCUT2D eigenvalue weighted by molar-refractivity contribution is 9.10. The summed E-state index contributed by atoms with van der Waals surface area (Å²) in [4.78, 5) is 14.3. The van der Waals surface area contributed by atoms with Gasteiger partial charge in [0.2, 0.25) is 0 Å². The summed E-state index contributed by atoms with van der Waals surface area (Å²) in [6.45, 7) is 2.43.